The van der Waals surface area contributed by atoms with E-state index in [-0.39, 0.29) is 11.5 Å². The van der Waals surface area contributed by atoms with Gasteiger partial charge in [-0.05, 0) is 75.5 Å². The van der Waals surface area contributed by atoms with E-state index in [2.05, 4.69) is 212 Å². The molecule has 2 aliphatic heterocycles. The smallest absolute Gasteiger partial charge is 0.231 e. The Morgan fingerprint density at radius 2 is 1.14 bits per heavy atom. The van der Waals surface area contributed by atoms with Gasteiger partial charge in [-0.2, -0.15) is 0 Å². The molecule has 11 rings (SSSR count). The number of nitrogens with zero attached hydrogens (tertiary/aromatic N) is 4. The Kier molecular flexibility index (Phi) is 7.62. The Bertz CT molecular complexity index is 2910. The Hall–Kier alpha value is -7.04. The maximum Gasteiger partial charge on any atom is 0.231 e. The Labute approximate surface area is 333 Å². The summed E-state index contributed by atoms with van der Waals surface area (Å²) in [5.74, 6) is 0.708. The number of para-hydroxylation sites is 3. The number of benzene rings is 7. The number of hydrogen-bond acceptors (Lipinski definition) is 4. The molecule has 3 aliphatic rings. The van der Waals surface area contributed by atoms with Gasteiger partial charge in [0.1, 0.15) is 0 Å². The van der Waals surface area contributed by atoms with E-state index >= 15 is 0 Å². The predicted octanol–water partition coefficient (Wildman–Crippen LogP) is 11.5. The lowest BCUT2D eigenvalue weighted by molar-refractivity contribution is 0.632. The van der Waals surface area contributed by atoms with Gasteiger partial charge in [0.25, 0.3) is 0 Å². The van der Waals surface area contributed by atoms with E-state index in [9.17, 15) is 0 Å². The Balaban J connectivity index is 1.16. The van der Waals surface area contributed by atoms with Crippen LogP contribution in [0.5, 0.6) is 0 Å². The highest BCUT2D eigenvalue weighted by atomic mass is 15.3. The minimum Gasteiger partial charge on any atom is -0.310 e. The zero-order chi connectivity index (χ0) is 38.1. The largest absolute Gasteiger partial charge is 0.310 e. The number of fused-ring (bicyclic) bond motifs is 6. The highest BCUT2D eigenvalue weighted by Gasteiger charge is 2.41. The fourth-order valence-corrected chi connectivity index (χ4v) is 9.45. The first-order chi connectivity index (χ1) is 28.0. The van der Waals surface area contributed by atoms with Crippen LogP contribution in [0, 0.1) is 0 Å². The highest BCUT2D eigenvalue weighted by molar-refractivity contribution is 6.00. The van der Waals surface area contributed by atoms with Gasteiger partial charge >= 0.3 is 0 Å². The lowest BCUT2D eigenvalue weighted by Gasteiger charge is -2.42. The van der Waals surface area contributed by atoms with Crippen LogP contribution < -0.4 is 20.2 Å². The maximum atomic E-state index is 5.43. The second kappa shape index (κ2) is 13.0. The molecule has 0 bridgehead atoms. The summed E-state index contributed by atoms with van der Waals surface area (Å²) in [6.45, 7) is 4.73. The highest BCUT2D eigenvalue weighted by Crippen LogP contribution is 2.54. The molecule has 7 aromatic carbocycles. The van der Waals surface area contributed by atoms with E-state index in [0.717, 1.165) is 40.3 Å². The summed E-state index contributed by atoms with van der Waals surface area (Å²) in [6.07, 6.45) is 3.23. The van der Waals surface area contributed by atoms with Gasteiger partial charge in [-0.15, -0.1) is 0 Å². The van der Waals surface area contributed by atoms with Crippen molar-refractivity contribution in [2.75, 3.05) is 9.80 Å². The molecular weight excluding hydrogens is 693 g/mol. The zero-order valence-corrected chi connectivity index (χ0v) is 32.0. The van der Waals surface area contributed by atoms with Gasteiger partial charge in [0.15, 0.2) is 0 Å². The van der Waals surface area contributed by atoms with E-state index in [4.69, 9.17) is 9.97 Å². The van der Waals surface area contributed by atoms with Gasteiger partial charge in [-0.3, -0.25) is 0 Å². The Morgan fingerprint density at radius 1 is 0.526 bits per heavy atom. The quantitative estimate of drug-likeness (QED) is 0.176. The van der Waals surface area contributed by atoms with Crippen LogP contribution in [0.3, 0.4) is 0 Å². The fourth-order valence-electron chi connectivity index (χ4n) is 9.45. The molecule has 0 N–H and O–H groups in total. The molecule has 0 saturated heterocycles. The lowest BCUT2D eigenvalue weighted by atomic mass is 9.73. The van der Waals surface area contributed by atoms with E-state index in [0.29, 0.717) is 5.95 Å². The molecule has 0 radical (unpaired) electrons. The van der Waals surface area contributed by atoms with Crippen LogP contribution in [0.25, 0.3) is 45.3 Å². The molecule has 4 heteroatoms. The maximum absolute atomic E-state index is 5.43. The van der Waals surface area contributed by atoms with Crippen molar-refractivity contribution in [3.05, 3.63) is 209 Å². The standard InChI is InChI=1S/C53H40N4/c1-53(2)43-27-14-15-28-47(43)56(39-22-10-5-11-23-39)48-31-30-38(33-44(48)53)41-25-16-26-42-50-40-24-13-12-17-35(40)29-32-49(50)57(51(41)42)52-54-45(36-18-6-3-7-19-36)34-46(55-52)37-20-8-4-9-21-37/h3-31,33-34,49H,32H2,1-2H3. The summed E-state index contributed by atoms with van der Waals surface area (Å²) < 4.78 is 0. The molecule has 1 aromatic heterocycles. The van der Waals surface area contributed by atoms with Gasteiger partial charge in [0, 0.05) is 33.4 Å². The number of anilines is 5. The summed E-state index contributed by atoms with van der Waals surface area (Å²) in [4.78, 5) is 15.7. The lowest BCUT2D eigenvalue weighted by Crippen LogP contribution is -2.39. The monoisotopic (exact) mass is 732 g/mol. The van der Waals surface area contributed by atoms with Crippen molar-refractivity contribution in [1.82, 2.24) is 9.97 Å². The van der Waals surface area contributed by atoms with E-state index < -0.39 is 0 Å². The average Bonchev–Trinajstić information content (AvgIpc) is 3.63. The Morgan fingerprint density at radius 3 is 1.88 bits per heavy atom. The van der Waals surface area contributed by atoms with Crippen LogP contribution in [0.4, 0.5) is 28.7 Å². The molecule has 0 fully saturated rings. The predicted molar refractivity (Wildman–Crippen MR) is 235 cm³/mol. The van der Waals surface area contributed by atoms with Crippen LogP contribution in [0.2, 0.25) is 0 Å². The van der Waals surface area contributed by atoms with E-state index in [1.165, 1.54) is 55.2 Å². The molecular formula is C53H40N4. The first-order valence-electron chi connectivity index (χ1n) is 19.9. The molecule has 1 aliphatic carbocycles. The van der Waals surface area contributed by atoms with Gasteiger partial charge in [0.05, 0.1) is 34.5 Å². The van der Waals surface area contributed by atoms with Crippen LogP contribution in [-0.4, -0.2) is 16.0 Å². The van der Waals surface area contributed by atoms with Gasteiger partial charge in [-0.1, -0.05) is 166 Å². The van der Waals surface area contributed by atoms with E-state index in [1.54, 1.807) is 0 Å². The minimum atomic E-state index is -0.237. The molecule has 0 spiro atoms. The normalized spacial score (nSPS) is 15.8. The summed E-state index contributed by atoms with van der Waals surface area (Å²) in [5, 5.41) is 2.56. The third-order valence-electron chi connectivity index (χ3n) is 12.1. The van der Waals surface area contributed by atoms with Crippen molar-refractivity contribution in [3.8, 4) is 33.6 Å². The van der Waals surface area contributed by atoms with Crippen LogP contribution in [0.15, 0.2) is 182 Å². The van der Waals surface area contributed by atoms with Crippen molar-refractivity contribution in [2.24, 2.45) is 0 Å². The number of aromatic nitrogens is 2. The molecule has 0 amide bonds. The second-order valence-corrected chi connectivity index (χ2v) is 15.7. The minimum absolute atomic E-state index is 0.0280. The molecule has 1 atom stereocenters. The molecule has 8 aromatic rings. The molecule has 4 nitrogen and oxygen atoms in total. The van der Waals surface area contributed by atoms with Gasteiger partial charge in [0.2, 0.25) is 5.95 Å². The third kappa shape index (κ3) is 5.28. The van der Waals surface area contributed by atoms with Crippen molar-refractivity contribution < 1.29 is 0 Å². The summed E-state index contributed by atoms with van der Waals surface area (Å²) >= 11 is 0. The summed E-state index contributed by atoms with van der Waals surface area (Å²) in [5.41, 5.74) is 16.0. The first-order valence-corrected chi connectivity index (χ1v) is 19.9. The number of rotatable bonds is 5. The third-order valence-corrected chi connectivity index (χ3v) is 12.1. The van der Waals surface area contributed by atoms with Crippen molar-refractivity contribution in [2.45, 2.75) is 31.7 Å². The second-order valence-electron chi connectivity index (χ2n) is 15.7. The molecule has 3 heterocycles. The van der Waals surface area contributed by atoms with Crippen molar-refractivity contribution in [1.29, 1.82) is 0 Å². The van der Waals surface area contributed by atoms with Crippen LogP contribution >= 0.6 is 0 Å². The molecule has 272 valence electrons. The van der Waals surface area contributed by atoms with E-state index in [1.807, 2.05) is 0 Å². The summed E-state index contributed by atoms with van der Waals surface area (Å²) in [6, 6.07) is 65.5. The van der Waals surface area contributed by atoms with Crippen molar-refractivity contribution >= 4 is 40.3 Å². The fraction of sp³-hybridized carbons (Fsp3) is 0.0943. The molecule has 0 saturated carbocycles. The zero-order valence-electron chi connectivity index (χ0n) is 32.0. The summed E-state index contributed by atoms with van der Waals surface area (Å²) in [7, 11) is 0. The molecule has 57 heavy (non-hydrogen) atoms. The van der Waals surface area contributed by atoms with Crippen LogP contribution in [0.1, 0.15) is 37.0 Å². The SMILES string of the molecule is CC1(C)c2ccccc2N(c2ccccc2)c2ccc(-c3cccc4c3N(c3nc(-c5ccccc5)cc(-c5ccccc5)n3)C3CC=c5ccccc5=C43)cc21. The topological polar surface area (TPSA) is 32.3 Å². The number of hydrogen-bond donors (Lipinski definition) is 0. The first kappa shape index (κ1) is 33.3. The van der Waals surface area contributed by atoms with Gasteiger partial charge < -0.3 is 9.80 Å². The van der Waals surface area contributed by atoms with Gasteiger partial charge in [-0.25, -0.2) is 9.97 Å². The van der Waals surface area contributed by atoms with Crippen LogP contribution in [-0.2, 0) is 5.41 Å². The molecule has 1 unspecified atom stereocenters. The van der Waals surface area contributed by atoms with Crippen molar-refractivity contribution in [3.63, 3.8) is 0 Å². The average molecular weight is 733 g/mol.